The maximum Gasteiger partial charge on any atom is 0.319 e. The summed E-state index contributed by atoms with van der Waals surface area (Å²) < 4.78 is 6.75. The number of carbonyl (C=O) groups excluding carboxylic acids is 2. The minimum Gasteiger partial charge on any atom is -0.376 e. The number of hydrogen-bond acceptors (Lipinski definition) is 4. The summed E-state index contributed by atoms with van der Waals surface area (Å²) in [5, 5.41) is 9.23. The second-order valence-electron chi connectivity index (χ2n) is 4.36. The fraction of sp³-hybridized carbons (Fsp3) is 0.545. The van der Waals surface area contributed by atoms with Gasteiger partial charge in [0, 0.05) is 19.3 Å². The highest BCUT2D eigenvalue weighted by atomic mass is 16.5. The monoisotopic (exact) mass is 267 g/mol. The molecule has 3 amide bonds. The third kappa shape index (κ3) is 4.25. The molecule has 8 nitrogen and oxygen atoms in total. The summed E-state index contributed by atoms with van der Waals surface area (Å²) >= 11 is 0. The normalized spacial score (nSPS) is 18.2. The summed E-state index contributed by atoms with van der Waals surface area (Å²) in [6.45, 7) is 1.23. The van der Waals surface area contributed by atoms with Gasteiger partial charge < -0.3 is 21.1 Å². The van der Waals surface area contributed by atoms with Crippen LogP contribution in [-0.2, 0) is 16.1 Å². The van der Waals surface area contributed by atoms with E-state index in [2.05, 4.69) is 15.7 Å². The fourth-order valence-electron chi connectivity index (χ4n) is 1.86. The lowest BCUT2D eigenvalue weighted by atomic mass is 10.2. The number of rotatable bonds is 5. The quantitative estimate of drug-likeness (QED) is 0.678. The minimum absolute atomic E-state index is 0.0147. The van der Waals surface area contributed by atoms with Gasteiger partial charge in [0.1, 0.15) is 6.54 Å². The molecule has 1 saturated heterocycles. The van der Waals surface area contributed by atoms with Crippen molar-refractivity contribution in [2.45, 2.75) is 25.5 Å². The summed E-state index contributed by atoms with van der Waals surface area (Å²) in [6, 6.07) is -0.325. The van der Waals surface area contributed by atoms with Crippen LogP contribution in [0.15, 0.2) is 12.4 Å². The lowest BCUT2D eigenvalue weighted by Gasteiger charge is -2.10. The Balaban J connectivity index is 1.74. The number of anilines is 1. The molecule has 1 aliphatic rings. The van der Waals surface area contributed by atoms with Gasteiger partial charge in [0.15, 0.2) is 0 Å². The van der Waals surface area contributed by atoms with Crippen LogP contribution in [0.3, 0.4) is 0 Å². The number of urea groups is 1. The van der Waals surface area contributed by atoms with E-state index in [9.17, 15) is 9.59 Å². The van der Waals surface area contributed by atoms with Gasteiger partial charge in [-0.25, -0.2) is 4.79 Å². The summed E-state index contributed by atoms with van der Waals surface area (Å²) in [5.41, 5.74) is 5.54. The molecule has 0 bridgehead atoms. The highest BCUT2D eigenvalue weighted by molar-refractivity contribution is 5.88. The second-order valence-corrected chi connectivity index (χ2v) is 4.36. The van der Waals surface area contributed by atoms with Crippen LogP contribution < -0.4 is 16.4 Å². The molecule has 1 aromatic heterocycles. The van der Waals surface area contributed by atoms with Gasteiger partial charge in [0.25, 0.3) is 0 Å². The number of nitrogens with zero attached hydrogens (tertiary/aromatic N) is 2. The number of amides is 3. The van der Waals surface area contributed by atoms with Gasteiger partial charge >= 0.3 is 6.03 Å². The Hall–Kier alpha value is -2.09. The van der Waals surface area contributed by atoms with Crippen LogP contribution in [-0.4, -0.2) is 41.0 Å². The smallest absolute Gasteiger partial charge is 0.319 e. The van der Waals surface area contributed by atoms with E-state index in [0.717, 1.165) is 19.4 Å². The molecule has 8 heteroatoms. The summed E-state index contributed by atoms with van der Waals surface area (Å²) in [4.78, 5) is 22.3. The third-order valence-corrected chi connectivity index (χ3v) is 2.72. The van der Waals surface area contributed by atoms with Crippen molar-refractivity contribution in [3.63, 3.8) is 0 Å². The molecule has 2 rings (SSSR count). The van der Waals surface area contributed by atoms with Gasteiger partial charge in [0.05, 0.1) is 18.0 Å². The van der Waals surface area contributed by atoms with Crippen molar-refractivity contribution in [1.29, 1.82) is 0 Å². The molecule has 4 N–H and O–H groups in total. The standard InChI is InChI=1S/C11H17N5O3/c12-10(17)7-16-6-8(4-14-16)15-11(18)13-5-9-2-1-3-19-9/h4,6,9H,1-3,5,7H2,(H2,12,17)(H2,13,15,18)/t9-/m1/s1. The molecule has 0 unspecified atom stereocenters. The Kier molecular flexibility index (Phi) is 4.35. The van der Waals surface area contributed by atoms with Crippen LogP contribution in [0, 0.1) is 0 Å². The molecular weight excluding hydrogens is 250 g/mol. The topological polar surface area (TPSA) is 111 Å². The molecule has 1 fully saturated rings. The molecule has 19 heavy (non-hydrogen) atoms. The van der Waals surface area contributed by atoms with E-state index in [4.69, 9.17) is 10.5 Å². The van der Waals surface area contributed by atoms with Crippen LogP contribution in [0.2, 0.25) is 0 Å². The maximum atomic E-state index is 11.6. The molecule has 1 atom stereocenters. The second kappa shape index (κ2) is 6.19. The molecule has 1 aromatic rings. The summed E-state index contributed by atoms with van der Waals surface area (Å²) in [5.74, 6) is -0.488. The van der Waals surface area contributed by atoms with E-state index in [0.29, 0.717) is 12.2 Å². The number of hydrogen-bond donors (Lipinski definition) is 3. The molecule has 0 spiro atoms. The average Bonchev–Trinajstić information content (AvgIpc) is 2.97. The van der Waals surface area contributed by atoms with Crippen molar-refractivity contribution in [3.8, 4) is 0 Å². The highest BCUT2D eigenvalue weighted by Gasteiger charge is 2.16. The average molecular weight is 267 g/mol. The predicted octanol–water partition coefficient (Wildman–Crippen LogP) is -0.331. The Morgan fingerprint density at radius 2 is 2.42 bits per heavy atom. The van der Waals surface area contributed by atoms with Crippen molar-refractivity contribution >= 4 is 17.6 Å². The van der Waals surface area contributed by atoms with E-state index in [1.165, 1.54) is 17.1 Å². The molecule has 0 aliphatic carbocycles. The first-order valence-electron chi connectivity index (χ1n) is 6.10. The Morgan fingerprint density at radius 3 is 3.11 bits per heavy atom. The van der Waals surface area contributed by atoms with Crippen LogP contribution in [0.5, 0.6) is 0 Å². The van der Waals surface area contributed by atoms with Gasteiger partial charge in [-0.1, -0.05) is 0 Å². The first-order valence-corrected chi connectivity index (χ1v) is 6.10. The first-order chi connectivity index (χ1) is 9.13. The number of aromatic nitrogens is 2. The molecule has 0 radical (unpaired) electrons. The molecule has 2 heterocycles. The third-order valence-electron chi connectivity index (χ3n) is 2.72. The van der Waals surface area contributed by atoms with Crippen molar-refractivity contribution < 1.29 is 14.3 Å². The summed E-state index contributed by atoms with van der Waals surface area (Å²) in [6.07, 6.45) is 5.10. The van der Waals surface area contributed by atoms with Crippen LogP contribution in [0.1, 0.15) is 12.8 Å². The Morgan fingerprint density at radius 1 is 1.58 bits per heavy atom. The van der Waals surface area contributed by atoms with Gasteiger partial charge in [-0.05, 0) is 12.8 Å². The maximum absolute atomic E-state index is 11.6. The van der Waals surface area contributed by atoms with E-state index >= 15 is 0 Å². The van der Waals surface area contributed by atoms with E-state index < -0.39 is 5.91 Å². The summed E-state index contributed by atoms with van der Waals surface area (Å²) in [7, 11) is 0. The lowest BCUT2D eigenvalue weighted by Crippen LogP contribution is -2.34. The SMILES string of the molecule is NC(=O)Cn1cc(NC(=O)NC[C@H]2CCCO2)cn1. The molecule has 1 aliphatic heterocycles. The van der Waals surface area contributed by atoms with E-state index in [1.54, 1.807) is 0 Å². The largest absolute Gasteiger partial charge is 0.376 e. The fourth-order valence-corrected chi connectivity index (χ4v) is 1.86. The lowest BCUT2D eigenvalue weighted by molar-refractivity contribution is -0.118. The first kappa shape index (κ1) is 13.3. The number of primary amides is 1. The van der Waals surface area contributed by atoms with Crippen molar-refractivity contribution in [1.82, 2.24) is 15.1 Å². The Bertz CT molecular complexity index is 453. The molecule has 104 valence electrons. The van der Waals surface area contributed by atoms with Gasteiger partial charge in [-0.3, -0.25) is 9.48 Å². The zero-order valence-corrected chi connectivity index (χ0v) is 10.5. The van der Waals surface area contributed by atoms with Crippen LogP contribution in [0.4, 0.5) is 10.5 Å². The molecular formula is C11H17N5O3. The number of ether oxygens (including phenoxy) is 1. The number of nitrogens with one attached hydrogen (secondary N) is 2. The highest BCUT2D eigenvalue weighted by Crippen LogP contribution is 2.10. The van der Waals surface area contributed by atoms with Crippen molar-refractivity contribution in [2.75, 3.05) is 18.5 Å². The van der Waals surface area contributed by atoms with E-state index in [-0.39, 0.29) is 18.7 Å². The number of carbonyl (C=O) groups is 2. The van der Waals surface area contributed by atoms with Gasteiger partial charge in [-0.2, -0.15) is 5.10 Å². The van der Waals surface area contributed by atoms with Gasteiger partial charge in [0.2, 0.25) is 5.91 Å². The minimum atomic E-state index is -0.488. The number of nitrogens with two attached hydrogens (primary N) is 1. The van der Waals surface area contributed by atoms with Gasteiger partial charge in [-0.15, -0.1) is 0 Å². The van der Waals surface area contributed by atoms with Crippen LogP contribution >= 0.6 is 0 Å². The zero-order chi connectivity index (χ0) is 13.7. The molecule has 0 aromatic carbocycles. The Labute approximate surface area is 110 Å². The van der Waals surface area contributed by atoms with Crippen LogP contribution in [0.25, 0.3) is 0 Å². The van der Waals surface area contributed by atoms with Crippen molar-refractivity contribution in [3.05, 3.63) is 12.4 Å². The zero-order valence-electron chi connectivity index (χ0n) is 10.5. The predicted molar refractivity (Wildman–Crippen MR) is 67.4 cm³/mol. The van der Waals surface area contributed by atoms with Crippen molar-refractivity contribution in [2.24, 2.45) is 5.73 Å². The van der Waals surface area contributed by atoms with E-state index in [1.807, 2.05) is 0 Å². The molecule has 0 saturated carbocycles.